The molecule has 0 aliphatic heterocycles. The van der Waals surface area contributed by atoms with E-state index in [1.165, 1.54) is 48.9 Å². The molecule has 0 aliphatic carbocycles. The third kappa shape index (κ3) is 9.33. The third-order valence-corrected chi connectivity index (χ3v) is 6.15. The van der Waals surface area contributed by atoms with Crippen molar-refractivity contribution in [2.75, 3.05) is 6.61 Å². The second-order valence-electron chi connectivity index (χ2n) is 9.33. The van der Waals surface area contributed by atoms with Crippen molar-refractivity contribution in [3.05, 3.63) is 77.9 Å². The Hall–Kier alpha value is -4.95. The smallest absolute Gasteiger partial charge is 0.326 e. The van der Waals surface area contributed by atoms with Gasteiger partial charge in [-0.1, -0.05) is 24.3 Å². The van der Waals surface area contributed by atoms with E-state index in [0.717, 1.165) is 0 Å². The van der Waals surface area contributed by atoms with Crippen molar-refractivity contribution in [2.24, 2.45) is 5.73 Å². The van der Waals surface area contributed by atoms with Crippen LogP contribution in [0.25, 0.3) is 0 Å². The number of phenols is 2. The standard InChI is InChI=1S/C27H32N6O8/c28-20(9-15-1-5-18(35)6-2-15)24(37)33-23(13-34)26(39)31-21(11-17-12-29-14-30-17)25(38)32-22(27(40)41)10-16-3-7-19(36)8-4-16/h1-8,12,14,20-23,34-36H,9-11,13,28H2,(H,29,30)(H,31,39)(H,32,38)(H,33,37)(H,40,41). The Labute approximate surface area is 234 Å². The van der Waals surface area contributed by atoms with E-state index in [0.29, 0.717) is 16.8 Å². The Bertz CT molecular complexity index is 1310. The first-order valence-corrected chi connectivity index (χ1v) is 12.6. The van der Waals surface area contributed by atoms with Crippen molar-refractivity contribution < 1.29 is 39.6 Å². The Kier molecular flexibility index (Phi) is 10.8. The van der Waals surface area contributed by atoms with Gasteiger partial charge >= 0.3 is 5.97 Å². The molecule has 1 aromatic heterocycles. The van der Waals surface area contributed by atoms with Crippen molar-refractivity contribution in [2.45, 2.75) is 43.4 Å². The van der Waals surface area contributed by atoms with Crippen molar-refractivity contribution >= 4 is 23.7 Å². The summed E-state index contributed by atoms with van der Waals surface area (Å²) in [6.45, 7) is -0.805. The summed E-state index contributed by atoms with van der Waals surface area (Å²) in [6.07, 6.45) is 2.68. The number of aliphatic hydroxyl groups excluding tert-OH is 1. The highest BCUT2D eigenvalue weighted by Crippen LogP contribution is 2.13. The van der Waals surface area contributed by atoms with E-state index < -0.39 is 54.5 Å². The van der Waals surface area contributed by atoms with Crippen LogP contribution in [-0.4, -0.2) is 84.9 Å². The van der Waals surface area contributed by atoms with Gasteiger partial charge in [0.25, 0.3) is 0 Å². The molecule has 0 bridgehead atoms. The molecule has 41 heavy (non-hydrogen) atoms. The molecule has 10 N–H and O–H groups in total. The van der Waals surface area contributed by atoms with Crippen LogP contribution in [0.3, 0.4) is 0 Å². The van der Waals surface area contributed by atoms with Gasteiger partial charge in [0.1, 0.15) is 29.6 Å². The lowest BCUT2D eigenvalue weighted by Gasteiger charge is -2.24. The Morgan fingerprint density at radius 3 is 1.78 bits per heavy atom. The summed E-state index contributed by atoms with van der Waals surface area (Å²) < 4.78 is 0. The van der Waals surface area contributed by atoms with Crippen LogP contribution in [-0.2, 0) is 38.4 Å². The van der Waals surface area contributed by atoms with Crippen LogP contribution in [0.15, 0.2) is 61.1 Å². The zero-order valence-electron chi connectivity index (χ0n) is 21.9. The lowest BCUT2D eigenvalue weighted by molar-refractivity contribution is -0.142. The molecule has 0 spiro atoms. The highest BCUT2D eigenvalue weighted by molar-refractivity contribution is 5.94. The van der Waals surface area contributed by atoms with Gasteiger partial charge in [0, 0.05) is 24.7 Å². The second kappa shape index (κ2) is 14.4. The van der Waals surface area contributed by atoms with Crippen LogP contribution in [0.4, 0.5) is 0 Å². The summed E-state index contributed by atoms with van der Waals surface area (Å²) in [4.78, 5) is 57.4. The van der Waals surface area contributed by atoms with Crippen molar-refractivity contribution in [3.8, 4) is 11.5 Å². The number of aromatic nitrogens is 2. The number of aromatic hydroxyl groups is 2. The molecule has 3 amide bonds. The van der Waals surface area contributed by atoms with Crippen LogP contribution in [0.5, 0.6) is 11.5 Å². The SMILES string of the molecule is NC(Cc1ccc(O)cc1)C(=O)NC(CO)C(=O)NC(Cc1cnc[nH]1)C(=O)NC(Cc1ccc(O)cc1)C(=O)O. The van der Waals surface area contributed by atoms with Gasteiger partial charge in [-0.2, -0.15) is 0 Å². The summed E-state index contributed by atoms with van der Waals surface area (Å²) in [5.41, 5.74) is 7.60. The minimum atomic E-state index is -1.46. The average Bonchev–Trinajstić information content (AvgIpc) is 3.46. The summed E-state index contributed by atoms with van der Waals surface area (Å²) in [5.74, 6) is -3.73. The maximum absolute atomic E-state index is 13.2. The lowest BCUT2D eigenvalue weighted by atomic mass is 10.0. The number of aromatic amines is 1. The molecule has 14 nitrogen and oxygen atoms in total. The number of hydrogen-bond donors (Lipinski definition) is 9. The van der Waals surface area contributed by atoms with Crippen molar-refractivity contribution in [1.29, 1.82) is 0 Å². The van der Waals surface area contributed by atoms with E-state index in [-0.39, 0.29) is 30.8 Å². The third-order valence-electron chi connectivity index (χ3n) is 6.15. The average molecular weight is 569 g/mol. The number of aliphatic hydroxyl groups is 1. The number of H-pyrrole nitrogens is 1. The fourth-order valence-corrected chi connectivity index (χ4v) is 3.89. The molecule has 0 aliphatic rings. The monoisotopic (exact) mass is 568 g/mol. The molecule has 0 saturated heterocycles. The molecular formula is C27H32N6O8. The number of carbonyl (C=O) groups excluding carboxylic acids is 3. The number of carbonyl (C=O) groups is 4. The van der Waals surface area contributed by atoms with Gasteiger partial charge in [-0.25, -0.2) is 9.78 Å². The number of imidazole rings is 1. The number of phenolic OH excluding ortho intramolecular Hbond substituents is 2. The molecule has 218 valence electrons. The van der Waals surface area contributed by atoms with Crippen LogP contribution in [0.1, 0.15) is 16.8 Å². The number of nitrogens with two attached hydrogens (primary N) is 1. The van der Waals surface area contributed by atoms with E-state index in [1.54, 1.807) is 12.1 Å². The van der Waals surface area contributed by atoms with Crippen molar-refractivity contribution in [1.82, 2.24) is 25.9 Å². The molecule has 4 atom stereocenters. The highest BCUT2D eigenvalue weighted by atomic mass is 16.4. The van der Waals surface area contributed by atoms with Crippen LogP contribution >= 0.6 is 0 Å². The maximum Gasteiger partial charge on any atom is 0.326 e. The largest absolute Gasteiger partial charge is 0.508 e. The van der Waals surface area contributed by atoms with E-state index in [1.807, 2.05) is 0 Å². The molecule has 2 aromatic carbocycles. The second-order valence-corrected chi connectivity index (χ2v) is 9.33. The number of nitrogens with one attached hydrogen (secondary N) is 4. The Morgan fingerprint density at radius 2 is 1.27 bits per heavy atom. The number of rotatable bonds is 14. The molecule has 14 heteroatoms. The molecule has 0 radical (unpaired) electrons. The highest BCUT2D eigenvalue weighted by Gasteiger charge is 2.30. The number of carboxylic acids is 1. The van der Waals surface area contributed by atoms with Crippen LogP contribution < -0.4 is 21.7 Å². The first kappa shape index (κ1) is 30.6. The normalized spacial score (nSPS) is 13.8. The minimum absolute atomic E-state index is 0.00108. The van der Waals surface area contributed by atoms with E-state index in [9.17, 15) is 39.6 Å². The zero-order chi connectivity index (χ0) is 29.9. The Morgan fingerprint density at radius 1 is 0.756 bits per heavy atom. The fourth-order valence-electron chi connectivity index (χ4n) is 3.89. The molecule has 1 heterocycles. The first-order chi connectivity index (χ1) is 19.5. The number of nitrogens with zero attached hydrogens (tertiary/aromatic N) is 1. The predicted molar refractivity (Wildman–Crippen MR) is 144 cm³/mol. The minimum Gasteiger partial charge on any atom is -0.508 e. The molecule has 4 unspecified atom stereocenters. The van der Waals surface area contributed by atoms with Crippen LogP contribution in [0.2, 0.25) is 0 Å². The summed E-state index contributed by atoms with van der Waals surface area (Å²) in [5, 5.41) is 45.6. The number of benzene rings is 2. The Balaban J connectivity index is 1.68. The summed E-state index contributed by atoms with van der Waals surface area (Å²) >= 11 is 0. The molecule has 0 fully saturated rings. The molecule has 3 rings (SSSR count). The van der Waals surface area contributed by atoms with E-state index >= 15 is 0 Å². The van der Waals surface area contributed by atoms with Gasteiger partial charge in [-0.05, 0) is 41.8 Å². The predicted octanol–water partition coefficient (Wildman–Crippen LogP) is -1.29. The number of aliphatic carboxylic acids is 1. The van der Waals surface area contributed by atoms with Crippen molar-refractivity contribution in [3.63, 3.8) is 0 Å². The van der Waals surface area contributed by atoms with E-state index in [4.69, 9.17) is 5.73 Å². The van der Waals surface area contributed by atoms with Gasteiger partial charge in [0.2, 0.25) is 17.7 Å². The van der Waals surface area contributed by atoms with Gasteiger partial charge in [0.15, 0.2) is 0 Å². The lowest BCUT2D eigenvalue weighted by Crippen LogP contribution is -2.58. The molecule has 3 aromatic rings. The van der Waals surface area contributed by atoms with Crippen LogP contribution in [0, 0.1) is 0 Å². The van der Waals surface area contributed by atoms with Gasteiger partial charge in [0.05, 0.1) is 19.0 Å². The maximum atomic E-state index is 13.2. The number of amides is 3. The summed E-state index contributed by atoms with van der Waals surface area (Å²) in [6, 6.07) is 6.65. The summed E-state index contributed by atoms with van der Waals surface area (Å²) in [7, 11) is 0. The van der Waals surface area contributed by atoms with Gasteiger partial charge < -0.3 is 47.1 Å². The molecule has 0 saturated carbocycles. The fraction of sp³-hybridized carbons (Fsp3) is 0.296. The topological polar surface area (TPSA) is 240 Å². The zero-order valence-corrected chi connectivity index (χ0v) is 21.9. The quantitative estimate of drug-likeness (QED) is 0.111. The van der Waals surface area contributed by atoms with Gasteiger partial charge in [-0.3, -0.25) is 14.4 Å². The first-order valence-electron chi connectivity index (χ1n) is 12.6. The van der Waals surface area contributed by atoms with E-state index in [2.05, 4.69) is 25.9 Å². The molecular weight excluding hydrogens is 536 g/mol. The number of hydrogen-bond acceptors (Lipinski definition) is 9. The number of carboxylic acid groups (broad SMARTS) is 1. The van der Waals surface area contributed by atoms with Gasteiger partial charge in [-0.15, -0.1) is 0 Å².